The van der Waals surface area contributed by atoms with Crippen LogP contribution in [0.1, 0.15) is 33.1 Å². The molecule has 0 spiro atoms. The molecule has 0 unspecified atom stereocenters. The number of nitrogens with zero attached hydrogens (tertiary/aromatic N) is 2. The summed E-state index contributed by atoms with van der Waals surface area (Å²) in [5, 5.41) is 8.58. The fraction of sp³-hybridized carbons (Fsp3) is 0.900. The first kappa shape index (κ1) is 12.5. The molecule has 1 heterocycles. The lowest BCUT2D eigenvalue weighted by molar-refractivity contribution is 0.0953. The first-order valence-electron chi connectivity index (χ1n) is 5.28. The van der Waals surface area contributed by atoms with Crippen LogP contribution < -0.4 is 0 Å². The van der Waals surface area contributed by atoms with E-state index in [-0.39, 0.29) is 11.2 Å². The predicted octanol–water partition coefficient (Wildman–Crippen LogP) is 1.35. The Bertz CT molecular complexity index is 350. The molecule has 1 rings (SSSR count). The number of nitriles is 1. The highest BCUT2D eigenvalue weighted by Crippen LogP contribution is 2.35. The van der Waals surface area contributed by atoms with Crippen LogP contribution in [0.3, 0.4) is 0 Å². The minimum Gasteiger partial charge on any atom is -0.212 e. The Morgan fingerprint density at radius 1 is 1.47 bits per heavy atom. The van der Waals surface area contributed by atoms with Crippen molar-refractivity contribution in [3.63, 3.8) is 0 Å². The van der Waals surface area contributed by atoms with E-state index < -0.39 is 10.0 Å². The topological polar surface area (TPSA) is 61.2 Å². The average molecular weight is 230 g/mol. The zero-order valence-corrected chi connectivity index (χ0v) is 10.2. The van der Waals surface area contributed by atoms with E-state index >= 15 is 0 Å². The molecular weight excluding hydrogens is 212 g/mol. The molecule has 0 N–H and O–H groups in total. The second-order valence-corrected chi connectivity index (χ2v) is 6.67. The van der Waals surface area contributed by atoms with Gasteiger partial charge in [-0.2, -0.15) is 5.26 Å². The molecule has 1 aliphatic heterocycles. The van der Waals surface area contributed by atoms with Gasteiger partial charge in [-0.3, -0.25) is 0 Å². The Morgan fingerprint density at radius 2 is 2.07 bits per heavy atom. The minimum atomic E-state index is -3.05. The molecular formula is C10H18N2O2S. The van der Waals surface area contributed by atoms with Crippen LogP contribution in [0.2, 0.25) is 0 Å². The summed E-state index contributed by atoms with van der Waals surface area (Å²) >= 11 is 0. The lowest BCUT2D eigenvalue weighted by Crippen LogP contribution is -2.57. The fourth-order valence-corrected chi connectivity index (χ4v) is 3.69. The Labute approximate surface area is 91.9 Å². The van der Waals surface area contributed by atoms with Gasteiger partial charge in [0.2, 0.25) is 10.0 Å². The Balaban J connectivity index is 2.48. The molecule has 0 aliphatic carbocycles. The molecule has 0 radical (unpaired) electrons. The normalized spacial score (nSPS) is 20.6. The molecule has 15 heavy (non-hydrogen) atoms. The van der Waals surface area contributed by atoms with Gasteiger partial charge in [-0.05, 0) is 6.42 Å². The molecule has 1 saturated heterocycles. The van der Waals surface area contributed by atoms with Gasteiger partial charge in [-0.15, -0.1) is 0 Å². The highest BCUT2D eigenvalue weighted by molar-refractivity contribution is 7.89. The molecule has 0 amide bonds. The highest BCUT2D eigenvalue weighted by atomic mass is 32.2. The smallest absolute Gasteiger partial charge is 0.212 e. The summed E-state index contributed by atoms with van der Waals surface area (Å²) in [4.78, 5) is 0. The van der Waals surface area contributed by atoms with Crippen molar-refractivity contribution in [1.29, 1.82) is 5.26 Å². The average Bonchev–Trinajstić information content (AvgIpc) is 2.11. The quantitative estimate of drug-likeness (QED) is 0.716. The van der Waals surface area contributed by atoms with E-state index in [4.69, 9.17) is 5.26 Å². The standard InChI is InChI=1S/C10H18N2O2S/c1-3-4-7-15(13,14)12-8-10(2,9-12)5-6-11/h3-5,7-9H2,1-2H3. The summed E-state index contributed by atoms with van der Waals surface area (Å²) in [6.07, 6.45) is 2.04. The van der Waals surface area contributed by atoms with Gasteiger partial charge in [0, 0.05) is 24.9 Å². The van der Waals surface area contributed by atoms with Gasteiger partial charge < -0.3 is 0 Å². The molecule has 0 saturated carbocycles. The van der Waals surface area contributed by atoms with Gasteiger partial charge in [-0.1, -0.05) is 20.3 Å². The monoisotopic (exact) mass is 230 g/mol. The van der Waals surface area contributed by atoms with Crippen molar-refractivity contribution in [2.45, 2.75) is 33.1 Å². The van der Waals surface area contributed by atoms with E-state index in [9.17, 15) is 8.42 Å². The number of hydrogen-bond acceptors (Lipinski definition) is 3. The van der Waals surface area contributed by atoms with Gasteiger partial charge in [0.25, 0.3) is 0 Å². The van der Waals surface area contributed by atoms with Crippen LogP contribution in [0.25, 0.3) is 0 Å². The second-order valence-electron chi connectivity index (χ2n) is 4.58. The summed E-state index contributed by atoms with van der Waals surface area (Å²) in [6.45, 7) is 4.95. The number of hydrogen-bond donors (Lipinski definition) is 0. The second kappa shape index (κ2) is 4.50. The zero-order valence-electron chi connectivity index (χ0n) is 9.36. The maximum absolute atomic E-state index is 11.7. The van der Waals surface area contributed by atoms with Crippen molar-refractivity contribution < 1.29 is 8.42 Å². The van der Waals surface area contributed by atoms with Gasteiger partial charge in [-0.25, -0.2) is 12.7 Å². The molecule has 1 aliphatic rings. The maximum atomic E-state index is 11.7. The summed E-state index contributed by atoms with van der Waals surface area (Å²) in [7, 11) is -3.05. The van der Waals surface area contributed by atoms with Crippen LogP contribution in [-0.4, -0.2) is 31.6 Å². The molecule has 4 nitrogen and oxygen atoms in total. The summed E-state index contributed by atoms with van der Waals surface area (Å²) < 4.78 is 24.9. The lowest BCUT2D eigenvalue weighted by Gasteiger charge is -2.45. The van der Waals surface area contributed by atoms with Crippen molar-refractivity contribution in [3.8, 4) is 6.07 Å². The SMILES string of the molecule is CCCCS(=O)(=O)N1CC(C)(CC#N)C1. The third kappa shape index (κ3) is 2.93. The van der Waals surface area contributed by atoms with E-state index in [1.54, 1.807) is 0 Å². The van der Waals surface area contributed by atoms with Gasteiger partial charge in [0.15, 0.2) is 0 Å². The first-order chi connectivity index (χ1) is 6.93. The number of unbranched alkanes of at least 4 members (excludes halogenated alkanes) is 1. The Morgan fingerprint density at radius 3 is 2.53 bits per heavy atom. The Kier molecular flexibility index (Phi) is 3.74. The molecule has 1 fully saturated rings. The summed E-state index contributed by atoms with van der Waals surface area (Å²) in [5.41, 5.74) is -0.117. The molecule has 0 aromatic rings. The van der Waals surface area contributed by atoms with Crippen molar-refractivity contribution in [1.82, 2.24) is 4.31 Å². The van der Waals surface area contributed by atoms with Crippen molar-refractivity contribution in [3.05, 3.63) is 0 Å². The summed E-state index contributed by atoms with van der Waals surface area (Å²) in [5.74, 6) is 0.242. The van der Waals surface area contributed by atoms with Crippen LogP contribution in [0.15, 0.2) is 0 Å². The first-order valence-corrected chi connectivity index (χ1v) is 6.89. The van der Waals surface area contributed by atoms with Crippen LogP contribution in [-0.2, 0) is 10.0 Å². The van der Waals surface area contributed by atoms with Crippen LogP contribution in [0.5, 0.6) is 0 Å². The number of sulfonamides is 1. The molecule has 0 aromatic heterocycles. The van der Waals surface area contributed by atoms with Crippen molar-refractivity contribution >= 4 is 10.0 Å². The predicted molar refractivity (Wildman–Crippen MR) is 58.6 cm³/mol. The van der Waals surface area contributed by atoms with E-state index in [1.165, 1.54) is 4.31 Å². The van der Waals surface area contributed by atoms with E-state index in [0.717, 1.165) is 6.42 Å². The molecule has 0 aromatic carbocycles. The highest BCUT2D eigenvalue weighted by Gasteiger charge is 2.43. The van der Waals surface area contributed by atoms with Gasteiger partial charge in [0.1, 0.15) is 0 Å². The van der Waals surface area contributed by atoms with Gasteiger partial charge in [0.05, 0.1) is 11.8 Å². The van der Waals surface area contributed by atoms with Crippen molar-refractivity contribution in [2.24, 2.45) is 5.41 Å². The third-order valence-corrected chi connectivity index (χ3v) is 4.62. The molecule has 0 atom stereocenters. The maximum Gasteiger partial charge on any atom is 0.214 e. The molecule has 0 bridgehead atoms. The Hall–Kier alpha value is -0.600. The zero-order chi connectivity index (χ0) is 11.5. The van der Waals surface area contributed by atoms with E-state index in [1.807, 2.05) is 13.8 Å². The summed E-state index contributed by atoms with van der Waals surface area (Å²) in [6, 6.07) is 2.10. The largest absolute Gasteiger partial charge is 0.214 e. The van der Waals surface area contributed by atoms with E-state index in [2.05, 4.69) is 6.07 Å². The number of rotatable bonds is 5. The lowest BCUT2D eigenvalue weighted by atomic mass is 9.81. The molecule has 5 heteroatoms. The van der Waals surface area contributed by atoms with Crippen molar-refractivity contribution in [2.75, 3.05) is 18.8 Å². The molecule has 86 valence electrons. The minimum absolute atomic E-state index is 0.117. The van der Waals surface area contributed by atoms with Gasteiger partial charge >= 0.3 is 0 Å². The van der Waals surface area contributed by atoms with Crippen LogP contribution in [0.4, 0.5) is 0 Å². The van der Waals surface area contributed by atoms with Crippen LogP contribution >= 0.6 is 0 Å². The van der Waals surface area contributed by atoms with E-state index in [0.29, 0.717) is 25.9 Å². The van der Waals surface area contributed by atoms with Crippen LogP contribution in [0, 0.1) is 16.7 Å². The third-order valence-electron chi connectivity index (χ3n) is 2.77. The fourth-order valence-electron chi connectivity index (χ4n) is 1.76.